The number of benzene rings is 1. The number of hydrogen-bond donors (Lipinski definition) is 1. The Morgan fingerprint density at radius 3 is 2.85 bits per heavy atom. The van der Waals surface area contributed by atoms with E-state index in [9.17, 15) is 4.79 Å². The number of aromatic nitrogens is 2. The third kappa shape index (κ3) is 2.75. The predicted octanol–water partition coefficient (Wildman–Crippen LogP) is 2.73. The van der Waals surface area contributed by atoms with Crippen molar-refractivity contribution in [1.29, 1.82) is 0 Å². The van der Waals surface area contributed by atoms with Gasteiger partial charge >= 0.3 is 0 Å². The Morgan fingerprint density at radius 2 is 2.10 bits per heavy atom. The van der Waals surface area contributed by atoms with E-state index in [0.29, 0.717) is 6.54 Å². The van der Waals surface area contributed by atoms with E-state index >= 15 is 0 Å². The highest BCUT2D eigenvalue weighted by Gasteiger charge is 2.10. The highest BCUT2D eigenvalue weighted by Crippen LogP contribution is 2.23. The molecular formula is C14H11N3O2S. The molecule has 2 aromatic heterocycles. The van der Waals surface area contributed by atoms with Crippen LogP contribution in [0.5, 0.6) is 0 Å². The molecule has 0 spiro atoms. The summed E-state index contributed by atoms with van der Waals surface area (Å²) in [6.07, 6.45) is 1.37. The molecule has 0 saturated heterocycles. The Balaban J connectivity index is 1.65. The molecule has 0 radical (unpaired) electrons. The summed E-state index contributed by atoms with van der Waals surface area (Å²) in [6, 6.07) is 11.5. The van der Waals surface area contributed by atoms with Crippen molar-refractivity contribution in [3.05, 3.63) is 59.4 Å². The topological polar surface area (TPSA) is 68.0 Å². The van der Waals surface area contributed by atoms with E-state index in [4.69, 9.17) is 0 Å². The molecule has 1 N–H and O–H groups in total. The maximum atomic E-state index is 11.7. The molecule has 0 bridgehead atoms. The number of carbonyl (C=O) groups is 1. The number of nitrogens with one attached hydrogen (secondary N) is 1. The molecule has 3 aromatic rings. The Kier molecular flexibility index (Phi) is 3.56. The quantitative estimate of drug-likeness (QED) is 0.800. The van der Waals surface area contributed by atoms with Crippen molar-refractivity contribution >= 4 is 17.2 Å². The maximum absolute atomic E-state index is 11.7. The van der Waals surface area contributed by atoms with Crippen LogP contribution in [0.4, 0.5) is 0 Å². The van der Waals surface area contributed by atoms with Gasteiger partial charge in [-0.05, 0) is 0 Å². The van der Waals surface area contributed by atoms with Crippen LogP contribution in [-0.2, 0) is 6.54 Å². The van der Waals surface area contributed by atoms with Gasteiger partial charge in [0.2, 0.25) is 0 Å². The fraction of sp³-hybridized carbons (Fsp3) is 0.0714. The fourth-order valence-corrected chi connectivity index (χ4v) is 2.52. The van der Waals surface area contributed by atoms with Crippen LogP contribution in [0.2, 0.25) is 0 Å². The smallest absolute Gasteiger partial charge is 0.273 e. The zero-order chi connectivity index (χ0) is 13.8. The lowest BCUT2D eigenvalue weighted by molar-refractivity contribution is 0.0941. The zero-order valence-corrected chi connectivity index (χ0v) is 11.3. The van der Waals surface area contributed by atoms with Crippen LogP contribution in [0.3, 0.4) is 0 Å². The molecule has 3 rings (SSSR count). The molecule has 0 aliphatic heterocycles. The highest BCUT2D eigenvalue weighted by molar-refractivity contribution is 7.13. The Bertz CT molecular complexity index is 692. The molecule has 0 fully saturated rings. The van der Waals surface area contributed by atoms with Gasteiger partial charge in [-0.3, -0.25) is 4.79 Å². The minimum Gasteiger partial charge on any atom is -0.364 e. The normalized spacial score (nSPS) is 10.4. The van der Waals surface area contributed by atoms with Crippen LogP contribution in [0.25, 0.3) is 10.6 Å². The largest absolute Gasteiger partial charge is 0.364 e. The molecule has 0 atom stereocenters. The Morgan fingerprint density at radius 1 is 1.25 bits per heavy atom. The van der Waals surface area contributed by atoms with Gasteiger partial charge in [0.15, 0.2) is 5.69 Å². The molecule has 0 saturated carbocycles. The molecule has 100 valence electrons. The van der Waals surface area contributed by atoms with E-state index in [2.05, 4.69) is 20.0 Å². The lowest BCUT2D eigenvalue weighted by Crippen LogP contribution is -2.23. The molecule has 6 heteroatoms. The second kappa shape index (κ2) is 5.66. The van der Waals surface area contributed by atoms with Crippen molar-refractivity contribution in [2.75, 3.05) is 0 Å². The summed E-state index contributed by atoms with van der Waals surface area (Å²) in [7, 11) is 0. The molecule has 20 heavy (non-hydrogen) atoms. The van der Waals surface area contributed by atoms with E-state index in [-0.39, 0.29) is 11.6 Å². The summed E-state index contributed by atoms with van der Waals surface area (Å²) in [5, 5.41) is 9.20. The summed E-state index contributed by atoms with van der Waals surface area (Å²) < 4.78 is 4.63. The molecule has 0 aliphatic carbocycles. The predicted molar refractivity (Wildman–Crippen MR) is 75.2 cm³/mol. The van der Waals surface area contributed by atoms with Crippen molar-refractivity contribution in [2.24, 2.45) is 0 Å². The standard InChI is InChI=1S/C14H11N3O2S/c18-13(12-6-7-19-17-12)15-8-11-9-20-14(16-11)10-4-2-1-3-5-10/h1-7,9H,8H2,(H,15,18). The number of carbonyl (C=O) groups excluding carboxylic acids is 1. The first-order valence-corrected chi connectivity index (χ1v) is 6.89. The first-order chi connectivity index (χ1) is 9.83. The summed E-state index contributed by atoms with van der Waals surface area (Å²) in [5.74, 6) is -0.270. The number of thiazole rings is 1. The second-order valence-electron chi connectivity index (χ2n) is 4.08. The number of rotatable bonds is 4. The third-order valence-electron chi connectivity index (χ3n) is 2.67. The van der Waals surface area contributed by atoms with Crippen molar-refractivity contribution in [1.82, 2.24) is 15.5 Å². The van der Waals surface area contributed by atoms with Gasteiger partial charge in [0, 0.05) is 17.0 Å². The van der Waals surface area contributed by atoms with E-state index in [1.165, 1.54) is 12.3 Å². The van der Waals surface area contributed by atoms with E-state index in [1.54, 1.807) is 11.3 Å². The van der Waals surface area contributed by atoms with Crippen molar-refractivity contribution in [2.45, 2.75) is 6.54 Å². The molecule has 1 aromatic carbocycles. The van der Waals surface area contributed by atoms with Gasteiger partial charge in [0.1, 0.15) is 11.3 Å². The molecule has 5 nitrogen and oxygen atoms in total. The summed E-state index contributed by atoms with van der Waals surface area (Å²) in [5.41, 5.74) is 2.17. The van der Waals surface area contributed by atoms with Gasteiger partial charge < -0.3 is 9.84 Å². The average Bonchev–Trinajstić information content (AvgIpc) is 3.17. The summed E-state index contributed by atoms with van der Waals surface area (Å²) >= 11 is 1.56. The Labute approximate surface area is 119 Å². The lowest BCUT2D eigenvalue weighted by atomic mass is 10.2. The van der Waals surface area contributed by atoms with Crippen molar-refractivity contribution < 1.29 is 9.32 Å². The van der Waals surface area contributed by atoms with Crippen LogP contribution >= 0.6 is 11.3 Å². The molecule has 0 aliphatic rings. The Hall–Kier alpha value is -2.47. The number of nitrogens with zero attached hydrogens (tertiary/aromatic N) is 2. The molecule has 0 unspecified atom stereocenters. The van der Waals surface area contributed by atoms with Gasteiger partial charge in [0.05, 0.1) is 12.2 Å². The molecule has 2 heterocycles. The second-order valence-corrected chi connectivity index (χ2v) is 4.94. The summed E-state index contributed by atoms with van der Waals surface area (Å²) in [6.45, 7) is 0.370. The SMILES string of the molecule is O=C(NCc1csc(-c2ccccc2)n1)c1ccon1. The minimum atomic E-state index is -0.270. The van der Waals surface area contributed by atoms with Crippen LogP contribution < -0.4 is 5.32 Å². The zero-order valence-electron chi connectivity index (χ0n) is 10.4. The maximum Gasteiger partial charge on any atom is 0.273 e. The lowest BCUT2D eigenvalue weighted by Gasteiger charge is -1.99. The van der Waals surface area contributed by atoms with E-state index in [0.717, 1.165) is 16.3 Å². The molecule has 1 amide bonds. The average molecular weight is 285 g/mol. The van der Waals surface area contributed by atoms with Gasteiger partial charge in [-0.1, -0.05) is 35.5 Å². The van der Waals surface area contributed by atoms with Gasteiger partial charge in [-0.15, -0.1) is 11.3 Å². The van der Waals surface area contributed by atoms with Crippen LogP contribution in [0.15, 0.2) is 52.6 Å². The third-order valence-corrected chi connectivity index (χ3v) is 3.61. The van der Waals surface area contributed by atoms with Crippen LogP contribution in [0, 0.1) is 0 Å². The highest BCUT2D eigenvalue weighted by atomic mass is 32.1. The first kappa shape index (κ1) is 12.6. The van der Waals surface area contributed by atoms with Crippen molar-refractivity contribution in [3.8, 4) is 10.6 Å². The van der Waals surface area contributed by atoms with Crippen LogP contribution in [0.1, 0.15) is 16.2 Å². The monoisotopic (exact) mass is 285 g/mol. The fourth-order valence-electron chi connectivity index (χ4n) is 1.69. The van der Waals surface area contributed by atoms with Crippen LogP contribution in [-0.4, -0.2) is 16.0 Å². The van der Waals surface area contributed by atoms with Crippen molar-refractivity contribution in [3.63, 3.8) is 0 Å². The van der Waals surface area contributed by atoms with E-state index in [1.807, 2.05) is 35.7 Å². The molecular weight excluding hydrogens is 274 g/mol. The van der Waals surface area contributed by atoms with Gasteiger partial charge in [-0.2, -0.15) is 0 Å². The summed E-state index contributed by atoms with van der Waals surface area (Å²) in [4.78, 5) is 16.2. The number of hydrogen-bond acceptors (Lipinski definition) is 5. The number of amides is 1. The first-order valence-electron chi connectivity index (χ1n) is 6.01. The minimum absolute atomic E-state index is 0.267. The van der Waals surface area contributed by atoms with E-state index < -0.39 is 0 Å². The van der Waals surface area contributed by atoms with Gasteiger partial charge in [0.25, 0.3) is 5.91 Å². The van der Waals surface area contributed by atoms with Gasteiger partial charge in [-0.25, -0.2) is 4.98 Å².